The van der Waals surface area contributed by atoms with Gasteiger partial charge in [0.2, 0.25) is 0 Å². The van der Waals surface area contributed by atoms with E-state index in [2.05, 4.69) is 40.1 Å². The quantitative estimate of drug-likeness (QED) is 0.259. The van der Waals surface area contributed by atoms with Gasteiger partial charge in [0, 0.05) is 42.5 Å². The van der Waals surface area contributed by atoms with Crippen LogP contribution in [-0.2, 0) is 23.1 Å². The maximum atomic E-state index is 13.6. The van der Waals surface area contributed by atoms with E-state index in [1.807, 2.05) is 6.92 Å². The van der Waals surface area contributed by atoms with Gasteiger partial charge in [-0.2, -0.15) is 0 Å². The molecule has 6 atom stereocenters. The van der Waals surface area contributed by atoms with Gasteiger partial charge in [-0.15, -0.1) is 0 Å². The second-order valence-corrected chi connectivity index (χ2v) is 12.5. The minimum atomic E-state index is -3.72. The predicted octanol–water partition coefficient (Wildman–Crippen LogP) is 1.55. The molecule has 200 valence electrons. The fraction of sp³-hybridized carbons (Fsp3) is 0.810. The van der Waals surface area contributed by atoms with Crippen molar-refractivity contribution in [3.63, 3.8) is 0 Å². The highest BCUT2D eigenvalue weighted by Crippen LogP contribution is 2.51. The zero-order valence-corrected chi connectivity index (χ0v) is 23.0. The van der Waals surface area contributed by atoms with E-state index in [-0.39, 0.29) is 37.5 Å². The Morgan fingerprint density at radius 3 is 2.74 bits per heavy atom. The lowest BCUT2D eigenvalue weighted by Crippen LogP contribution is -2.55. The van der Waals surface area contributed by atoms with E-state index in [1.54, 1.807) is 7.05 Å². The van der Waals surface area contributed by atoms with Crippen LogP contribution in [0.2, 0.25) is 0 Å². The van der Waals surface area contributed by atoms with Crippen molar-refractivity contribution < 1.29 is 28.2 Å². The Bertz CT molecular complexity index is 1000. The first-order valence-electron chi connectivity index (χ1n) is 11.7. The summed E-state index contributed by atoms with van der Waals surface area (Å²) in [5.74, 6) is 0. The predicted molar refractivity (Wildman–Crippen MR) is 133 cm³/mol. The molecule has 2 aliphatic rings. The number of aromatic nitrogens is 2. The molecule has 12 nitrogen and oxygen atoms in total. The van der Waals surface area contributed by atoms with Crippen molar-refractivity contribution in [2.75, 3.05) is 32.1 Å². The third-order valence-electron chi connectivity index (χ3n) is 5.97. The molecule has 14 heteroatoms. The number of ether oxygens (including phenoxy) is 2. The third-order valence-corrected chi connectivity index (χ3v) is 8.35. The SMILES string of the molecule is CC1CC(C)(C)NC(CCOP(=O)(OC[C@H]2O[C@@H](n3ccc(=O)[nH]c3=O)C[C@@H]2O)N(C)CCBr)O1. The highest BCUT2D eigenvalue weighted by Gasteiger charge is 2.39. The number of aliphatic hydroxyl groups excluding tert-OH is 1. The molecule has 3 rings (SSSR count). The molecule has 35 heavy (non-hydrogen) atoms. The molecule has 3 unspecified atom stereocenters. The monoisotopic (exact) mass is 582 g/mol. The van der Waals surface area contributed by atoms with Crippen LogP contribution < -0.4 is 16.6 Å². The molecule has 0 bridgehead atoms. The van der Waals surface area contributed by atoms with Crippen LogP contribution in [0.5, 0.6) is 0 Å². The van der Waals surface area contributed by atoms with Crippen molar-refractivity contribution in [1.82, 2.24) is 19.5 Å². The highest BCUT2D eigenvalue weighted by molar-refractivity contribution is 9.09. The normalized spacial score (nSPS) is 30.4. The number of hydrogen-bond acceptors (Lipinski definition) is 9. The van der Waals surface area contributed by atoms with E-state index < -0.39 is 37.4 Å². The van der Waals surface area contributed by atoms with Crippen LogP contribution in [0.15, 0.2) is 21.9 Å². The summed E-state index contributed by atoms with van der Waals surface area (Å²) in [5, 5.41) is 14.4. The molecule has 2 fully saturated rings. The summed E-state index contributed by atoms with van der Waals surface area (Å²) in [4.78, 5) is 25.5. The summed E-state index contributed by atoms with van der Waals surface area (Å²) in [6.07, 6.45) is 0.0568. The first-order valence-corrected chi connectivity index (χ1v) is 14.3. The molecule has 1 aromatic heterocycles. The molecule has 0 radical (unpaired) electrons. The van der Waals surface area contributed by atoms with Crippen LogP contribution >= 0.6 is 23.7 Å². The van der Waals surface area contributed by atoms with Gasteiger partial charge in [0.05, 0.1) is 25.4 Å². The summed E-state index contributed by atoms with van der Waals surface area (Å²) in [6, 6.07) is 1.20. The smallest absolute Gasteiger partial charge is 0.390 e. The van der Waals surface area contributed by atoms with Gasteiger partial charge in [-0.3, -0.25) is 28.7 Å². The van der Waals surface area contributed by atoms with Gasteiger partial charge in [-0.05, 0) is 34.2 Å². The van der Waals surface area contributed by atoms with Crippen molar-refractivity contribution in [1.29, 1.82) is 0 Å². The van der Waals surface area contributed by atoms with Crippen LogP contribution in [0.4, 0.5) is 0 Å². The Labute approximate surface area is 213 Å². The van der Waals surface area contributed by atoms with Gasteiger partial charge in [0.15, 0.2) is 0 Å². The van der Waals surface area contributed by atoms with Crippen LogP contribution in [0.25, 0.3) is 0 Å². The van der Waals surface area contributed by atoms with Gasteiger partial charge in [-0.25, -0.2) is 14.0 Å². The Hall–Kier alpha value is -0.890. The number of alkyl halides is 1. The average Bonchev–Trinajstić information content (AvgIpc) is 3.11. The Balaban J connectivity index is 1.59. The van der Waals surface area contributed by atoms with Gasteiger partial charge in [0.25, 0.3) is 5.56 Å². The molecule has 0 spiro atoms. The molecule has 0 aliphatic carbocycles. The number of aliphatic hydroxyl groups is 1. The molecule has 0 saturated carbocycles. The van der Waals surface area contributed by atoms with E-state index >= 15 is 0 Å². The maximum absolute atomic E-state index is 13.6. The highest BCUT2D eigenvalue weighted by atomic mass is 79.9. The number of hydrogen-bond donors (Lipinski definition) is 3. The minimum Gasteiger partial charge on any atom is -0.390 e. The topological polar surface area (TPSA) is 144 Å². The first kappa shape index (κ1) is 28.7. The van der Waals surface area contributed by atoms with Crippen LogP contribution in [-0.4, -0.2) is 81.5 Å². The molecule has 2 saturated heterocycles. The molecule has 1 aromatic rings. The number of nitrogens with one attached hydrogen (secondary N) is 2. The van der Waals surface area contributed by atoms with Crippen molar-refractivity contribution in [3.05, 3.63) is 33.1 Å². The second-order valence-electron chi connectivity index (χ2n) is 9.57. The van der Waals surface area contributed by atoms with E-state index in [1.165, 1.54) is 21.5 Å². The second kappa shape index (κ2) is 12.1. The van der Waals surface area contributed by atoms with E-state index in [0.717, 1.165) is 6.42 Å². The van der Waals surface area contributed by atoms with Crippen LogP contribution in [0, 0.1) is 0 Å². The zero-order valence-electron chi connectivity index (χ0n) is 20.5. The molecule has 3 N–H and O–H groups in total. The molecule has 2 aliphatic heterocycles. The van der Waals surface area contributed by atoms with E-state index in [0.29, 0.717) is 18.3 Å². The molecular weight excluding hydrogens is 547 g/mol. The molecule has 0 aromatic carbocycles. The van der Waals surface area contributed by atoms with Gasteiger partial charge in [-0.1, -0.05) is 15.9 Å². The summed E-state index contributed by atoms with van der Waals surface area (Å²) < 4.78 is 39.5. The lowest BCUT2D eigenvalue weighted by Gasteiger charge is -2.40. The van der Waals surface area contributed by atoms with Gasteiger partial charge < -0.3 is 14.6 Å². The van der Waals surface area contributed by atoms with Crippen molar-refractivity contribution in [3.8, 4) is 0 Å². The lowest BCUT2D eigenvalue weighted by atomic mass is 9.95. The van der Waals surface area contributed by atoms with Crippen LogP contribution in [0.3, 0.4) is 0 Å². The fourth-order valence-electron chi connectivity index (χ4n) is 4.33. The van der Waals surface area contributed by atoms with Gasteiger partial charge >= 0.3 is 13.4 Å². The number of rotatable bonds is 11. The Kier molecular flexibility index (Phi) is 9.92. The number of aromatic amines is 1. The minimum absolute atomic E-state index is 0.0739. The van der Waals surface area contributed by atoms with E-state index in [9.17, 15) is 19.3 Å². The van der Waals surface area contributed by atoms with Crippen LogP contribution in [0.1, 0.15) is 46.3 Å². The number of halogens is 1. The first-order chi connectivity index (χ1) is 16.4. The maximum Gasteiger partial charge on any atom is 0.408 e. The number of H-pyrrole nitrogens is 1. The average molecular weight is 583 g/mol. The van der Waals surface area contributed by atoms with Crippen molar-refractivity contribution in [2.45, 2.75) is 76.3 Å². The third kappa shape index (κ3) is 7.80. The number of nitrogens with zero attached hydrogens (tertiary/aromatic N) is 2. The molecular formula is C21H36BrN4O8P. The summed E-state index contributed by atoms with van der Waals surface area (Å²) in [7, 11) is -2.08. The summed E-state index contributed by atoms with van der Waals surface area (Å²) in [6.45, 7) is 6.58. The Morgan fingerprint density at radius 2 is 2.09 bits per heavy atom. The molecule has 0 amide bonds. The summed E-state index contributed by atoms with van der Waals surface area (Å²) in [5.41, 5.74) is -1.24. The fourth-order valence-corrected chi connectivity index (χ4v) is 6.62. The Morgan fingerprint density at radius 1 is 1.34 bits per heavy atom. The standard InChI is InChI=1S/C21H36BrN4O8P/c1-14-12-21(2,3)24-18(33-14)6-10-31-35(30,25(4)9-7-22)32-13-16-15(27)11-19(34-16)26-8-5-17(28)23-20(26)29/h5,8,14-16,18-19,24,27H,6-7,9-13H2,1-4H3,(H,23,28,29)/t14?,15-,16+,18?,19+,35?/m0/s1. The lowest BCUT2D eigenvalue weighted by molar-refractivity contribution is -0.0943. The van der Waals surface area contributed by atoms with Crippen molar-refractivity contribution >= 4 is 23.7 Å². The van der Waals surface area contributed by atoms with Crippen molar-refractivity contribution in [2.24, 2.45) is 0 Å². The summed E-state index contributed by atoms with van der Waals surface area (Å²) >= 11 is 3.34. The van der Waals surface area contributed by atoms with Gasteiger partial charge in [0.1, 0.15) is 18.6 Å². The molecule has 3 heterocycles. The largest absolute Gasteiger partial charge is 0.408 e. The zero-order chi connectivity index (χ0) is 25.8. The van der Waals surface area contributed by atoms with E-state index in [4.69, 9.17) is 18.5 Å².